The molecule has 0 spiro atoms. The predicted molar refractivity (Wildman–Crippen MR) is 108 cm³/mol. The highest BCUT2D eigenvalue weighted by Crippen LogP contribution is 2.25. The van der Waals surface area contributed by atoms with Crippen molar-refractivity contribution < 1.29 is 4.79 Å². The Morgan fingerprint density at radius 1 is 1.00 bits per heavy atom. The van der Waals surface area contributed by atoms with Crippen LogP contribution in [0.15, 0.2) is 53.3 Å². The Bertz CT molecular complexity index is 1050. The van der Waals surface area contributed by atoms with Crippen molar-refractivity contribution in [2.45, 2.75) is 0 Å². The lowest BCUT2D eigenvalue weighted by molar-refractivity contribution is 0.0664. The molecule has 27 heavy (non-hydrogen) atoms. The summed E-state index contributed by atoms with van der Waals surface area (Å²) in [6.45, 7) is 3.27. The second-order valence-corrected chi connectivity index (χ2v) is 7.29. The summed E-state index contributed by atoms with van der Waals surface area (Å²) in [5.74, 6) is 0.0460. The van der Waals surface area contributed by atoms with Crippen LogP contribution in [0.2, 0.25) is 5.02 Å². The average Bonchev–Trinajstić information content (AvgIpc) is 2.69. The van der Waals surface area contributed by atoms with Gasteiger partial charge in [-0.3, -0.25) is 9.59 Å². The number of aromatic nitrogens is 1. The first kappa shape index (κ1) is 17.8. The van der Waals surface area contributed by atoms with Gasteiger partial charge < -0.3 is 14.8 Å². The molecule has 5 nitrogen and oxygen atoms in total. The van der Waals surface area contributed by atoms with Gasteiger partial charge in [-0.25, -0.2) is 0 Å². The topological polar surface area (TPSA) is 56.4 Å². The molecule has 0 aliphatic carbocycles. The van der Waals surface area contributed by atoms with Crippen LogP contribution in [0.3, 0.4) is 0 Å². The molecule has 0 saturated carbocycles. The van der Waals surface area contributed by atoms with Gasteiger partial charge in [-0.2, -0.15) is 0 Å². The van der Waals surface area contributed by atoms with E-state index in [2.05, 4.69) is 16.9 Å². The maximum absolute atomic E-state index is 12.7. The van der Waals surface area contributed by atoms with Crippen molar-refractivity contribution >= 4 is 28.3 Å². The van der Waals surface area contributed by atoms with Crippen molar-refractivity contribution in [2.24, 2.45) is 0 Å². The molecule has 0 unspecified atom stereocenters. The van der Waals surface area contributed by atoms with Crippen molar-refractivity contribution in [2.75, 3.05) is 33.2 Å². The van der Waals surface area contributed by atoms with Gasteiger partial charge in [0, 0.05) is 53.2 Å². The first-order chi connectivity index (χ1) is 13.0. The van der Waals surface area contributed by atoms with Gasteiger partial charge in [0.2, 0.25) is 0 Å². The first-order valence-electron chi connectivity index (χ1n) is 8.93. The van der Waals surface area contributed by atoms with Crippen LogP contribution in [-0.2, 0) is 0 Å². The number of aromatic amines is 1. The molecule has 1 aromatic heterocycles. The zero-order valence-electron chi connectivity index (χ0n) is 15.0. The molecular weight excluding hydrogens is 362 g/mol. The van der Waals surface area contributed by atoms with Gasteiger partial charge in [0.1, 0.15) is 0 Å². The lowest BCUT2D eigenvalue weighted by atomic mass is 10.0. The van der Waals surface area contributed by atoms with Crippen LogP contribution in [0.25, 0.3) is 22.0 Å². The van der Waals surface area contributed by atoms with Crippen LogP contribution >= 0.6 is 11.6 Å². The second-order valence-electron chi connectivity index (χ2n) is 6.89. The molecule has 138 valence electrons. The van der Waals surface area contributed by atoms with Gasteiger partial charge in [-0.05, 0) is 42.9 Å². The predicted octanol–water partition coefficient (Wildman–Crippen LogP) is 3.24. The van der Waals surface area contributed by atoms with Crippen molar-refractivity contribution in [1.29, 1.82) is 0 Å². The normalized spacial score (nSPS) is 15.3. The Kier molecular flexibility index (Phi) is 4.72. The molecule has 1 aliphatic rings. The molecular formula is C21H20ClN3O2. The van der Waals surface area contributed by atoms with Gasteiger partial charge in [0.25, 0.3) is 11.5 Å². The summed E-state index contributed by atoms with van der Waals surface area (Å²) in [4.78, 5) is 32.0. The number of nitrogens with one attached hydrogen (secondary N) is 1. The van der Waals surface area contributed by atoms with Crippen molar-refractivity contribution in [1.82, 2.24) is 14.8 Å². The van der Waals surface area contributed by atoms with Crippen molar-refractivity contribution in [3.05, 3.63) is 69.5 Å². The SMILES string of the molecule is CN1CCN(C(=O)c2ccc(-c3cc4c(Cl)cccc4c(=O)[nH]3)cc2)CC1. The maximum atomic E-state index is 12.7. The highest BCUT2D eigenvalue weighted by Gasteiger charge is 2.20. The number of nitrogens with zero attached hydrogens (tertiary/aromatic N) is 2. The number of amides is 1. The van der Waals surface area contributed by atoms with E-state index in [0.29, 0.717) is 21.7 Å². The fourth-order valence-corrected chi connectivity index (χ4v) is 3.62. The Labute approximate surface area is 162 Å². The minimum absolute atomic E-state index is 0.0460. The zero-order chi connectivity index (χ0) is 19.0. The molecule has 6 heteroatoms. The standard InChI is InChI=1S/C21H20ClN3O2/c1-24-9-11-25(12-10-24)21(27)15-7-5-14(6-8-15)19-13-17-16(20(26)23-19)3-2-4-18(17)22/h2-8,13H,9-12H2,1H3,(H,23,26). The Balaban J connectivity index is 1.63. The lowest BCUT2D eigenvalue weighted by Crippen LogP contribution is -2.47. The second kappa shape index (κ2) is 7.18. The number of piperazine rings is 1. The van der Waals surface area contributed by atoms with Crippen molar-refractivity contribution in [3.8, 4) is 11.3 Å². The molecule has 4 rings (SSSR count). The Morgan fingerprint density at radius 3 is 2.41 bits per heavy atom. The monoisotopic (exact) mass is 381 g/mol. The summed E-state index contributed by atoms with van der Waals surface area (Å²) in [7, 11) is 2.06. The summed E-state index contributed by atoms with van der Waals surface area (Å²) in [6, 6.07) is 14.5. The number of halogens is 1. The van der Waals surface area contributed by atoms with Gasteiger partial charge in [0.15, 0.2) is 0 Å². The highest BCUT2D eigenvalue weighted by molar-refractivity contribution is 6.35. The van der Waals surface area contributed by atoms with Crippen LogP contribution in [0, 0.1) is 0 Å². The average molecular weight is 382 g/mol. The smallest absolute Gasteiger partial charge is 0.256 e. The molecule has 3 aromatic rings. The third-order valence-corrected chi connectivity index (χ3v) is 5.40. The van der Waals surface area contributed by atoms with Crippen molar-refractivity contribution in [3.63, 3.8) is 0 Å². The van der Waals surface area contributed by atoms with Crippen LogP contribution in [0.1, 0.15) is 10.4 Å². The number of carbonyl (C=O) groups excluding carboxylic acids is 1. The van der Waals surface area contributed by atoms with E-state index in [9.17, 15) is 9.59 Å². The number of pyridine rings is 1. The molecule has 1 aliphatic heterocycles. The van der Waals surface area contributed by atoms with Gasteiger partial charge in [-0.1, -0.05) is 29.8 Å². The van der Waals surface area contributed by atoms with Crippen LogP contribution in [-0.4, -0.2) is 53.9 Å². The molecule has 1 fully saturated rings. The summed E-state index contributed by atoms with van der Waals surface area (Å²) in [6.07, 6.45) is 0. The number of likely N-dealkylation sites (N-methyl/N-ethyl adjacent to an activating group) is 1. The number of hydrogen-bond acceptors (Lipinski definition) is 3. The summed E-state index contributed by atoms with van der Waals surface area (Å²) in [5, 5.41) is 1.82. The van der Waals surface area contributed by atoms with Crippen LogP contribution < -0.4 is 5.56 Å². The molecule has 0 atom stereocenters. The van der Waals surface area contributed by atoms with E-state index in [0.717, 1.165) is 37.1 Å². The third kappa shape index (κ3) is 3.48. The third-order valence-electron chi connectivity index (χ3n) is 5.07. The Hall–Kier alpha value is -2.63. The van der Waals surface area contributed by atoms with E-state index in [4.69, 9.17) is 11.6 Å². The minimum Gasteiger partial charge on any atom is -0.336 e. The van der Waals surface area contributed by atoms with Crippen LogP contribution in [0.5, 0.6) is 0 Å². The quantitative estimate of drug-likeness (QED) is 0.741. The molecule has 0 radical (unpaired) electrons. The molecule has 0 bridgehead atoms. The summed E-state index contributed by atoms with van der Waals surface area (Å²) in [5.41, 5.74) is 2.00. The maximum Gasteiger partial charge on any atom is 0.256 e. The fourth-order valence-electron chi connectivity index (χ4n) is 3.39. The largest absolute Gasteiger partial charge is 0.336 e. The number of carbonyl (C=O) groups is 1. The molecule has 2 heterocycles. The number of fused-ring (bicyclic) bond motifs is 1. The highest BCUT2D eigenvalue weighted by atomic mass is 35.5. The zero-order valence-corrected chi connectivity index (χ0v) is 15.8. The molecule has 1 amide bonds. The minimum atomic E-state index is -0.178. The van der Waals surface area contributed by atoms with E-state index in [1.54, 1.807) is 18.2 Å². The molecule has 1 saturated heterocycles. The van der Waals surface area contributed by atoms with E-state index < -0.39 is 0 Å². The Morgan fingerprint density at radius 2 is 1.70 bits per heavy atom. The molecule has 1 N–H and O–H groups in total. The summed E-state index contributed by atoms with van der Waals surface area (Å²) < 4.78 is 0. The number of benzene rings is 2. The van der Waals surface area contributed by atoms with Gasteiger partial charge >= 0.3 is 0 Å². The lowest BCUT2D eigenvalue weighted by Gasteiger charge is -2.32. The number of H-pyrrole nitrogens is 1. The number of rotatable bonds is 2. The van der Waals surface area contributed by atoms with Crippen LogP contribution in [0.4, 0.5) is 0 Å². The van der Waals surface area contributed by atoms with E-state index >= 15 is 0 Å². The number of hydrogen-bond donors (Lipinski definition) is 1. The fraction of sp³-hybridized carbons (Fsp3) is 0.238. The van der Waals surface area contributed by atoms with E-state index in [1.807, 2.05) is 35.2 Å². The van der Waals surface area contributed by atoms with E-state index in [1.165, 1.54) is 0 Å². The molecule has 2 aromatic carbocycles. The van der Waals surface area contributed by atoms with Gasteiger partial charge in [-0.15, -0.1) is 0 Å². The first-order valence-corrected chi connectivity index (χ1v) is 9.30. The summed E-state index contributed by atoms with van der Waals surface area (Å²) >= 11 is 6.25. The van der Waals surface area contributed by atoms with E-state index in [-0.39, 0.29) is 11.5 Å². The van der Waals surface area contributed by atoms with Gasteiger partial charge in [0.05, 0.1) is 0 Å².